The van der Waals surface area contributed by atoms with Crippen molar-refractivity contribution in [3.05, 3.63) is 28.7 Å². The number of nitrogens with one attached hydrogen (secondary N) is 4. The zero-order valence-corrected chi connectivity index (χ0v) is 22.5. The summed E-state index contributed by atoms with van der Waals surface area (Å²) < 4.78 is 24.7. The standard InChI is InChI=1S/C26H32ClFN4O6/c1-26(2)11-13(22(33)32-26)8-18(25(36)38-4)31-23(34)16(7-12-5-6-12)30-24(35)17-9-14-19(37-3)10-15(27)20(28)21(14)29-17/h9-10,12-13,16,18,29H,5-8,11H2,1-4H3,(H,30,35)(H,31,34)(H,32,33). The van der Waals surface area contributed by atoms with Gasteiger partial charge in [-0.25, -0.2) is 9.18 Å². The molecule has 2 aliphatic rings. The molecule has 0 radical (unpaired) electrons. The van der Waals surface area contributed by atoms with Crippen LogP contribution in [-0.4, -0.2) is 60.5 Å². The molecule has 3 amide bonds. The minimum Gasteiger partial charge on any atom is -0.496 e. The van der Waals surface area contributed by atoms with Gasteiger partial charge in [-0.15, -0.1) is 0 Å². The predicted octanol–water partition coefficient (Wildman–Crippen LogP) is 2.83. The van der Waals surface area contributed by atoms with Crippen molar-refractivity contribution in [2.24, 2.45) is 11.8 Å². The summed E-state index contributed by atoms with van der Waals surface area (Å²) >= 11 is 5.93. The molecule has 206 valence electrons. The summed E-state index contributed by atoms with van der Waals surface area (Å²) in [5.41, 5.74) is -0.394. The van der Waals surface area contributed by atoms with E-state index in [-0.39, 0.29) is 40.2 Å². The van der Waals surface area contributed by atoms with E-state index < -0.39 is 47.1 Å². The van der Waals surface area contributed by atoms with Gasteiger partial charge < -0.3 is 30.4 Å². The molecule has 2 heterocycles. The summed E-state index contributed by atoms with van der Waals surface area (Å²) in [5, 5.41) is 8.42. The maximum Gasteiger partial charge on any atom is 0.328 e. The Balaban J connectivity index is 1.51. The predicted molar refractivity (Wildman–Crippen MR) is 137 cm³/mol. The summed E-state index contributed by atoms with van der Waals surface area (Å²) in [4.78, 5) is 54.1. The van der Waals surface area contributed by atoms with Crippen LogP contribution in [0.2, 0.25) is 5.02 Å². The summed E-state index contributed by atoms with van der Waals surface area (Å²) in [6.45, 7) is 3.77. The summed E-state index contributed by atoms with van der Waals surface area (Å²) in [6, 6.07) is 0.714. The number of carbonyl (C=O) groups is 4. The molecule has 1 aliphatic carbocycles. The van der Waals surface area contributed by atoms with E-state index in [0.717, 1.165) is 12.8 Å². The number of esters is 1. The minimum absolute atomic E-state index is 0.00575. The highest BCUT2D eigenvalue weighted by atomic mass is 35.5. The number of fused-ring (bicyclic) bond motifs is 1. The highest BCUT2D eigenvalue weighted by molar-refractivity contribution is 6.31. The van der Waals surface area contributed by atoms with Gasteiger partial charge in [-0.1, -0.05) is 24.4 Å². The van der Waals surface area contributed by atoms with Crippen LogP contribution in [0.1, 0.15) is 56.4 Å². The van der Waals surface area contributed by atoms with Crippen LogP contribution in [0.4, 0.5) is 4.39 Å². The fourth-order valence-electron chi connectivity index (χ4n) is 4.94. The molecule has 0 spiro atoms. The van der Waals surface area contributed by atoms with E-state index >= 15 is 0 Å². The van der Waals surface area contributed by atoms with Crippen LogP contribution >= 0.6 is 11.6 Å². The number of halogens is 2. The van der Waals surface area contributed by atoms with E-state index in [1.54, 1.807) is 0 Å². The first-order valence-corrected chi connectivity index (χ1v) is 12.9. The zero-order valence-electron chi connectivity index (χ0n) is 21.7. The van der Waals surface area contributed by atoms with Crippen LogP contribution in [0.3, 0.4) is 0 Å². The van der Waals surface area contributed by atoms with Gasteiger partial charge in [0.1, 0.15) is 23.5 Å². The third-order valence-electron chi connectivity index (χ3n) is 7.03. The largest absolute Gasteiger partial charge is 0.496 e. The van der Waals surface area contributed by atoms with Gasteiger partial charge in [-0.2, -0.15) is 0 Å². The number of aromatic nitrogens is 1. The maximum atomic E-state index is 14.6. The molecule has 4 rings (SSSR count). The van der Waals surface area contributed by atoms with Crippen molar-refractivity contribution in [1.82, 2.24) is 20.9 Å². The van der Waals surface area contributed by atoms with Gasteiger partial charge in [0.25, 0.3) is 5.91 Å². The van der Waals surface area contributed by atoms with Crippen molar-refractivity contribution >= 4 is 46.2 Å². The molecular weight excluding hydrogens is 519 g/mol. The number of ether oxygens (including phenoxy) is 2. The van der Waals surface area contributed by atoms with Crippen molar-refractivity contribution in [2.45, 2.75) is 63.6 Å². The second-order valence-corrected chi connectivity index (χ2v) is 11.1. The second kappa shape index (κ2) is 10.8. The Morgan fingerprint density at radius 1 is 1.16 bits per heavy atom. The van der Waals surface area contributed by atoms with E-state index in [4.69, 9.17) is 21.1 Å². The van der Waals surface area contributed by atoms with Crippen LogP contribution in [0.5, 0.6) is 5.75 Å². The number of benzene rings is 1. The third-order valence-corrected chi connectivity index (χ3v) is 7.31. The lowest BCUT2D eigenvalue weighted by Crippen LogP contribution is -2.52. The Morgan fingerprint density at radius 3 is 2.45 bits per heavy atom. The van der Waals surface area contributed by atoms with Crippen molar-refractivity contribution in [1.29, 1.82) is 0 Å². The Bertz CT molecular complexity index is 1270. The molecule has 38 heavy (non-hydrogen) atoms. The van der Waals surface area contributed by atoms with Crippen molar-refractivity contribution in [2.75, 3.05) is 14.2 Å². The molecule has 1 aromatic carbocycles. The van der Waals surface area contributed by atoms with Gasteiger partial charge in [-0.05, 0) is 45.1 Å². The van der Waals surface area contributed by atoms with E-state index in [1.165, 1.54) is 26.4 Å². The molecule has 2 aromatic rings. The number of methoxy groups -OCH3 is 2. The topological polar surface area (TPSA) is 139 Å². The third kappa shape index (κ3) is 6.03. The number of hydrogen-bond acceptors (Lipinski definition) is 6. The molecule has 3 unspecified atom stereocenters. The lowest BCUT2D eigenvalue weighted by Gasteiger charge is -2.23. The average Bonchev–Trinajstić information content (AvgIpc) is 3.49. The summed E-state index contributed by atoms with van der Waals surface area (Å²) in [7, 11) is 2.61. The average molecular weight is 551 g/mol. The number of amides is 3. The van der Waals surface area contributed by atoms with Gasteiger partial charge in [0.05, 0.1) is 24.8 Å². The van der Waals surface area contributed by atoms with Crippen molar-refractivity contribution < 1.29 is 33.0 Å². The molecule has 1 saturated carbocycles. The monoisotopic (exact) mass is 550 g/mol. The van der Waals surface area contributed by atoms with Crippen molar-refractivity contribution in [3.8, 4) is 5.75 Å². The van der Waals surface area contributed by atoms with Crippen molar-refractivity contribution in [3.63, 3.8) is 0 Å². The number of aromatic amines is 1. The molecule has 3 atom stereocenters. The second-order valence-electron chi connectivity index (χ2n) is 10.6. The van der Waals surface area contributed by atoms with E-state index in [9.17, 15) is 23.6 Å². The summed E-state index contributed by atoms with van der Waals surface area (Å²) in [6.07, 6.45) is 2.78. The van der Waals surface area contributed by atoms with Gasteiger partial charge in [0.2, 0.25) is 11.8 Å². The minimum atomic E-state index is -1.07. The molecule has 2 fully saturated rings. The normalized spacial score (nSPS) is 19.9. The van der Waals surface area contributed by atoms with Crippen LogP contribution in [0.15, 0.2) is 12.1 Å². The molecule has 0 bridgehead atoms. The molecule has 4 N–H and O–H groups in total. The fourth-order valence-corrected chi connectivity index (χ4v) is 5.14. The first-order valence-electron chi connectivity index (χ1n) is 12.5. The van der Waals surface area contributed by atoms with Crippen LogP contribution in [0.25, 0.3) is 10.9 Å². The quantitative estimate of drug-likeness (QED) is 0.336. The van der Waals surface area contributed by atoms with Gasteiger partial charge >= 0.3 is 5.97 Å². The number of hydrogen-bond donors (Lipinski definition) is 4. The maximum absolute atomic E-state index is 14.6. The Morgan fingerprint density at radius 2 is 1.87 bits per heavy atom. The van der Waals surface area contributed by atoms with Crippen LogP contribution in [-0.2, 0) is 19.1 Å². The molecule has 10 nitrogen and oxygen atoms in total. The lowest BCUT2D eigenvalue weighted by atomic mass is 9.91. The number of carbonyl (C=O) groups excluding carboxylic acids is 4. The molecule has 12 heteroatoms. The molecule has 1 saturated heterocycles. The van der Waals surface area contributed by atoms with Gasteiger partial charge in [0, 0.05) is 22.9 Å². The molecular formula is C26H32ClFN4O6. The molecule has 1 aromatic heterocycles. The number of H-pyrrole nitrogens is 1. The first kappa shape index (κ1) is 27.7. The van der Waals surface area contributed by atoms with Gasteiger partial charge in [-0.3, -0.25) is 14.4 Å². The zero-order chi connectivity index (χ0) is 27.8. The Labute approximate surface area is 224 Å². The highest BCUT2D eigenvalue weighted by Gasteiger charge is 2.41. The van der Waals surface area contributed by atoms with E-state index in [2.05, 4.69) is 20.9 Å². The highest BCUT2D eigenvalue weighted by Crippen LogP contribution is 2.35. The van der Waals surface area contributed by atoms with Crippen LogP contribution in [0, 0.1) is 17.7 Å². The number of rotatable bonds is 10. The van der Waals surface area contributed by atoms with E-state index in [1.807, 2.05) is 13.8 Å². The van der Waals surface area contributed by atoms with Gasteiger partial charge in [0.15, 0.2) is 5.82 Å². The van der Waals surface area contributed by atoms with Crippen LogP contribution < -0.4 is 20.7 Å². The summed E-state index contributed by atoms with van der Waals surface area (Å²) in [5.74, 6) is -2.74. The SMILES string of the molecule is COC(=O)C(CC1CC(C)(C)NC1=O)NC(=O)C(CC1CC1)NC(=O)c1cc2c(OC)cc(Cl)c(F)c2[nH]1. The lowest BCUT2D eigenvalue weighted by molar-refractivity contribution is -0.146. The fraction of sp³-hybridized carbons (Fsp3) is 0.538. The molecule has 1 aliphatic heterocycles. The Kier molecular flexibility index (Phi) is 7.87. The van der Waals surface area contributed by atoms with E-state index in [0.29, 0.717) is 18.2 Å². The smallest absolute Gasteiger partial charge is 0.328 e. The first-order chi connectivity index (χ1) is 17.9. The Hall–Kier alpha value is -3.34.